The number of halogens is 1. The molecule has 0 nitrogen and oxygen atoms in total. The van der Waals surface area contributed by atoms with Gasteiger partial charge in [-0.15, -0.1) is 18.8 Å². The summed E-state index contributed by atoms with van der Waals surface area (Å²) in [7, 11) is 0. The molecule has 0 heterocycles. The van der Waals surface area contributed by atoms with Gasteiger partial charge in [-0.2, -0.15) is 6.08 Å². The van der Waals surface area contributed by atoms with Crippen LogP contribution in [0, 0.1) is 11.5 Å². The van der Waals surface area contributed by atoms with Gasteiger partial charge < -0.3 is 0 Å². The third-order valence-electron chi connectivity index (χ3n) is 1.50. The van der Waals surface area contributed by atoms with Crippen molar-refractivity contribution in [2.75, 3.05) is 0 Å². The molecule has 1 aliphatic rings. The van der Waals surface area contributed by atoms with E-state index in [1.54, 1.807) is 0 Å². The molecule has 2 heteroatoms. The van der Waals surface area contributed by atoms with Crippen LogP contribution >= 0.6 is 12.4 Å². The second-order valence-corrected chi connectivity index (χ2v) is 3.45. The van der Waals surface area contributed by atoms with Crippen LogP contribution in [0.2, 0.25) is 0 Å². The average molecular weight is 249 g/mol. The minimum Gasteiger partial charge on any atom is -0.269 e. The first-order valence-corrected chi connectivity index (χ1v) is 3.38. The van der Waals surface area contributed by atoms with E-state index in [4.69, 9.17) is 0 Å². The smallest absolute Gasteiger partial charge is 0 e. The van der Waals surface area contributed by atoms with Crippen molar-refractivity contribution in [3.05, 3.63) is 23.8 Å². The largest absolute Gasteiger partial charge is 0.269 e. The summed E-state index contributed by atoms with van der Waals surface area (Å²) in [4.78, 5) is 0. The van der Waals surface area contributed by atoms with Gasteiger partial charge in [-0.1, -0.05) is 20.8 Å². The maximum absolute atomic E-state index is 3.30. The van der Waals surface area contributed by atoms with Crippen LogP contribution in [0.25, 0.3) is 0 Å². The standard InChI is InChI=1S/C9H13.ClH.Zr/c1-9(2,3)8-6-4-5-7-8;;/h4,6H,5H2,1-3H3;1H;/q-1;;. The fourth-order valence-electron chi connectivity index (χ4n) is 0.920. The summed E-state index contributed by atoms with van der Waals surface area (Å²) in [5, 5.41) is 0. The van der Waals surface area contributed by atoms with E-state index in [2.05, 4.69) is 39.0 Å². The molecule has 0 saturated carbocycles. The van der Waals surface area contributed by atoms with E-state index in [9.17, 15) is 0 Å². The van der Waals surface area contributed by atoms with E-state index in [-0.39, 0.29) is 38.6 Å². The molecule has 0 aromatic carbocycles. The summed E-state index contributed by atoms with van der Waals surface area (Å²) < 4.78 is 0. The first-order valence-electron chi connectivity index (χ1n) is 3.38. The monoisotopic (exact) mass is 247 g/mol. The molecule has 11 heavy (non-hydrogen) atoms. The molecule has 1 aliphatic carbocycles. The Morgan fingerprint density at radius 1 is 1.36 bits per heavy atom. The van der Waals surface area contributed by atoms with E-state index in [1.807, 2.05) is 0 Å². The Morgan fingerprint density at radius 2 is 1.91 bits per heavy atom. The molecule has 0 aromatic rings. The van der Waals surface area contributed by atoms with Gasteiger partial charge in [0.25, 0.3) is 0 Å². The maximum atomic E-state index is 3.30. The second-order valence-electron chi connectivity index (χ2n) is 3.45. The molecule has 0 radical (unpaired) electrons. The quantitative estimate of drug-likeness (QED) is 0.578. The third kappa shape index (κ3) is 4.28. The van der Waals surface area contributed by atoms with Gasteiger partial charge in [0.2, 0.25) is 0 Å². The van der Waals surface area contributed by atoms with Crippen molar-refractivity contribution in [1.29, 1.82) is 0 Å². The normalized spacial score (nSPS) is 15.0. The van der Waals surface area contributed by atoms with Crippen molar-refractivity contribution >= 4 is 12.4 Å². The third-order valence-corrected chi connectivity index (χ3v) is 1.50. The van der Waals surface area contributed by atoms with Gasteiger partial charge in [0.05, 0.1) is 0 Å². The first-order chi connectivity index (χ1) is 4.11. The van der Waals surface area contributed by atoms with Crippen LogP contribution in [0.1, 0.15) is 27.2 Å². The predicted octanol–water partition coefficient (Wildman–Crippen LogP) is 3.14. The number of allylic oxidation sites excluding steroid dienone is 4. The predicted molar refractivity (Wildman–Crippen MR) is 47.2 cm³/mol. The summed E-state index contributed by atoms with van der Waals surface area (Å²) in [6.07, 6.45) is 8.63. The molecule has 0 fully saturated rings. The Bertz CT molecular complexity index is 163. The van der Waals surface area contributed by atoms with Crippen molar-refractivity contribution in [2.24, 2.45) is 5.41 Å². The molecule has 0 bridgehead atoms. The van der Waals surface area contributed by atoms with Gasteiger partial charge in [0.1, 0.15) is 0 Å². The van der Waals surface area contributed by atoms with Crippen LogP contribution in [-0.2, 0) is 26.2 Å². The number of hydrogen-bond acceptors (Lipinski definition) is 0. The molecule has 0 saturated heterocycles. The van der Waals surface area contributed by atoms with Crippen molar-refractivity contribution in [1.82, 2.24) is 0 Å². The second kappa shape index (κ2) is 5.33. The van der Waals surface area contributed by atoms with Gasteiger partial charge in [-0.3, -0.25) is 6.08 Å². The number of hydrogen-bond donors (Lipinski definition) is 0. The van der Waals surface area contributed by atoms with E-state index < -0.39 is 0 Å². The van der Waals surface area contributed by atoms with Crippen LogP contribution in [-0.4, -0.2) is 0 Å². The zero-order chi connectivity index (χ0) is 6.91. The van der Waals surface area contributed by atoms with Gasteiger partial charge >= 0.3 is 0 Å². The topological polar surface area (TPSA) is 0 Å². The Morgan fingerprint density at radius 3 is 2.09 bits per heavy atom. The summed E-state index contributed by atoms with van der Waals surface area (Å²) in [5.74, 6) is 0. The summed E-state index contributed by atoms with van der Waals surface area (Å²) >= 11 is 0. The van der Waals surface area contributed by atoms with Gasteiger partial charge in [0, 0.05) is 26.2 Å². The fourth-order valence-corrected chi connectivity index (χ4v) is 0.920. The van der Waals surface area contributed by atoms with Crippen LogP contribution in [0.3, 0.4) is 0 Å². The molecule has 0 atom stereocenters. The SMILES string of the molecule is CC(C)(C)C1=[C-]CC=C1.Cl.[Zr]. The fraction of sp³-hybridized carbons (Fsp3) is 0.556. The Hall–Kier alpha value is 0.653. The van der Waals surface area contributed by atoms with E-state index >= 15 is 0 Å². The molecule has 62 valence electrons. The van der Waals surface area contributed by atoms with Crippen molar-refractivity contribution in [3.8, 4) is 0 Å². The Balaban J connectivity index is 0. The molecule has 0 aromatic heterocycles. The van der Waals surface area contributed by atoms with Crippen molar-refractivity contribution < 1.29 is 26.2 Å². The molecular formula is C9H14ClZr-. The zero-order valence-corrected chi connectivity index (χ0v) is 10.5. The molecule has 1 rings (SSSR count). The minimum atomic E-state index is 0. The van der Waals surface area contributed by atoms with Gasteiger partial charge in [0.15, 0.2) is 0 Å². The molecule has 0 N–H and O–H groups in total. The van der Waals surface area contributed by atoms with E-state index in [0.29, 0.717) is 5.41 Å². The number of rotatable bonds is 0. The van der Waals surface area contributed by atoms with E-state index in [1.165, 1.54) is 5.57 Å². The minimum absolute atomic E-state index is 0. The summed E-state index contributed by atoms with van der Waals surface area (Å²) in [6, 6.07) is 0. The molecular weight excluding hydrogens is 235 g/mol. The maximum Gasteiger partial charge on any atom is 0 e. The molecule has 0 aliphatic heterocycles. The van der Waals surface area contributed by atoms with Crippen LogP contribution in [0.4, 0.5) is 0 Å². The zero-order valence-electron chi connectivity index (χ0n) is 7.27. The average Bonchev–Trinajstić information content (AvgIpc) is 2.08. The first kappa shape index (κ1) is 14.2. The molecule has 0 spiro atoms. The molecule has 0 amide bonds. The van der Waals surface area contributed by atoms with Crippen LogP contribution in [0.15, 0.2) is 17.7 Å². The van der Waals surface area contributed by atoms with Gasteiger partial charge in [-0.05, 0) is 5.41 Å². The van der Waals surface area contributed by atoms with Crippen molar-refractivity contribution in [2.45, 2.75) is 27.2 Å². The van der Waals surface area contributed by atoms with Crippen LogP contribution in [0.5, 0.6) is 0 Å². The Kier molecular flexibility index (Phi) is 6.87. The molecule has 0 unspecified atom stereocenters. The van der Waals surface area contributed by atoms with Gasteiger partial charge in [-0.25, -0.2) is 11.6 Å². The van der Waals surface area contributed by atoms with Crippen LogP contribution < -0.4 is 0 Å². The van der Waals surface area contributed by atoms with E-state index in [0.717, 1.165) is 6.42 Å². The summed E-state index contributed by atoms with van der Waals surface area (Å²) in [5.41, 5.74) is 1.65. The summed E-state index contributed by atoms with van der Waals surface area (Å²) in [6.45, 7) is 6.64. The Labute approximate surface area is 94.7 Å². The van der Waals surface area contributed by atoms with Crippen molar-refractivity contribution in [3.63, 3.8) is 0 Å².